The van der Waals surface area contributed by atoms with Crippen molar-refractivity contribution in [1.29, 1.82) is 0 Å². The van der Waals surface area contributed by atoms with Crippen LogP contribution in [-0.4, -0.2) is 38.6 Å². The van der Waals surface area contributed by atoms with Crippen molar-refractivity contribution in [2.24, 2.45) is 0 Å². The van der Waals surface area contributed by atoms with Gasteiger partial charge in [-0.3, -0.25) is 9.52 Å². The molecule has 150 valence electrons. The number of hydrogen-bond donors (Lipinski definition) is 1. The molecule has 0 fully saturated rings. The van der Waals surface area contributed by atoms with Crippen molar-refractivity contribution in [3.63, 3.8) is 0 Å². The Kier molecular flexibility index (Phi) is 7.04. The van der Waals surface area contributed by atoms with Crippen molar-refractivity contribution >= 4 is 39.1 Å². The van der Waals surface area contributed by atoms with Crippen molar-refractivity contribution in [2.75, 3.05) is 11.0 Å². The molecule has 2 unspecified atom stereocenters. The molecular weight excluding hydrogens is 406 g/mol. The first-order valence-corrected chi connectivity index (χ1v) is 10.6. The number of rotatable bonds is 8. The summed E-state index contributed by atoms with van der Waals surface area (Å²) >= 11 is 5.87. The molecule has 0 heterocycles. The SMILES string of the molecule is CC(Oc1cccc(Cl)c1)C(=O)OC(C)C(=O)c1ccc(NS(C)(=O)=O)cc1. The lowest BCUT2D eigenvalue weighted by atomic mass is 10.1. The topological polar surface area (TPSA) is 98.8 Å². The van der Waals surface area contributed by atoms with Gasteiger partial charge in [0.15, 0.2) is 12.2 Å². The van der Waals surface area contributed by atoms with Gasteiger partial charge in [0.05, 0.1) is 6.26 Å². The molecule has 9 heteroatoms. The van der Waals surface area contributed by atoms with Crippen molar-refractivity contribution in [1.82, 2.24) is 0 Å². The predicted octanol–water partition coefficient (Wildman–Crippen LogP) is 3.29. The van der Waals surface area contributed by atoms with Crippen LogP contribution in [0.15, 0.2) is 48.5 Å². The summed E-state index contributed by atoms with van der Waals surface area (Å²) in [6.07, 6.45) is -0.943. The second-order valence-corrected chi connectivity index (χ2v) is 8.30. The molecule has 0 saturated carbocycles. The van der Waals surface area contributed by atoms with Gasteiger partial charge in [-0.2, -0.15) is 0 Å². The lowest BCUT2D eigenvalue weighted by Crippen LogP contribution is -2.32. The monoisotopic (exact) mass is 425 g/mol. The van der Waals surface area contributed by atoms with Crippen molar-refractivity contribution < 1.29 is 27.5 Å². The van der Waals surface area contributed by atoms with E-state index in [1.54, 1.807) is 24.3 Å². The highest BCUT2D eigenvalue weighted by molar-refractivity contribution is 7.92. The molecule has 7 nitrogen and oxygen atoms in total. The van der Waals surface area contributed by atoms with Crippen LogP contribution in [0.3, 0.4) is 0 Å². The van der Waals surface area contributed by atoms with Crippen LogP contribution in [0, 0.1) is 0 Å². The molecule has 0 bridgehead atoms. The first-order chi connectivity index (χ1) is 13.0. The molecule has 2 aromatic rings. The van der Waals surface area contributed by atoms with Crippen molar-refractivity contribution in [3.05, 3.63) is 59.1 Å². The van der Waals surface area contributed by atoms with E-state index in [-0.39, 0.29) is 5.56 Å². The van der Waals surface area contributed by atoms with Crippen LogP contribution in [0.1, 0.15) is 24.2 Å². The predicted molar refractivity (Wildman–Crippen MR) is 106 cm³/mol. The molecule has 0 spiro atoms. The summed E-state index contributed by atoms with van der Waals surface area (Å²) in [4.78, 5) is 24.6. The number of anilines is 1. The van der Waals surface area contributed by atoms with E-state index in [0.29, 0.717) is 16.5 Å². The average molecular weight is 426 g/mol. The molecule has 0 amide bonds. The van der Waals surface area contributed by atoms with Crippen molar-refractivity contribution in [2.45, 2.75) is 26.1 Å². The zero-order chi connectivity index (χ0) is 20.9. The minimum atomic E-state index is -3.41. The lowest BCUT2D eigenvalue weighted by Gasteiger charge is -2.17. The van der Waals surface area contributed by atoms with Gasteiger partial charge in [0.1, 0.15) is 5.75 Å². The molecule has 28 heavy (non-hydrogen) atoms. The maximum absolute atomic E-state index is 12.4. The van der Waals surface area contributed by atoms with E-state index in [2.05, 4.69) is 4.72 Å². The van der Waals surface area contributed by atoms with Gasteiger partial charge in [0, 0.05) is 16.3 Å². The first-order valence-electron chi connectivity index (χ1n) is 8.30. The number of halogens is 1. The van der Waals surface area contributed by atoms with E-state index < -0.39 is 34.0 Å². The Labute approximate surface area is 168 Å². The number of benzene rings is 2. The Balaban J connectivity index is 1.96. The number of sulfonamides is 1. The van der Waals surface area contributed by atoms with Gasteiger partial charge in [-0.15, -0.1) is 0 Å². The Morgan fingerprint density at radius 1 is 1.04 bits per heavy atom. The Hall–Kier alpha value is -2.58. The third-order valence-corrected chi connectivity index (χ3v) is 4.42. The number of ketones is 1. The molecule has 0 aliphatic carbocycles. The van der Waals surface area contributed by atoms with Crippen LogP contribution in [-0.2, 0) is 19.6 Å². The second kappa shape index (κ2) is 9.07. The van der Waals surface area contributed by atoms with Gasteiger partial charge < -0.3 is 9.47 Å². The van der Waals surface area contributed by atoms with E-state index in [4.69, 9.17) is 21.1 Å². The first kappa shape index (κ1) is 21.7. The molecule has 2 aromatic carbocycles. The number of Topliss-reactive ketones (excluding diaryl/α,β-unsaturated/α-hetero) is 1. The summed E-state index contributed by atoms with van der Waals surface area (Å²) < 4.78 is 35.4. The Morgan fingerprint density at radius 3 is 2.25 bits per heavy atom. The van der Waals surface area contributed by atoms with Gasteiger partial charge in [-0.1, -0.05) is 17.7 Å². The summed E-state index contributed by atoms with van der Waals surface area (Å²) in [5, 5.41) is 0.468. The van der Waals surface area contributed by atoms with E-state index in [1.165, 1.54) is 38.1 Å². The molecular formula is C19H20ClNO6S. The second-order valence-electron chi connectivity index (χ2n) is 6.11. The minimum absolute atomic E-state index is 0.280. The van der Waals surface area contributed by atoms with Crippen LogP contribution in [0.2, 0.25) is 5.02 Å². The standard InChI is InChI=1S/C19H20ClNO6S/c1-12(18(22)14-7-9-16(10-8-14)21-28(3,24)25)27-19(23)13(2)26-17-6-4-5-15(20)11-17/h4-13,21H,1-3H3. The largest absolute Gasteiger partial charge is 0.479 e. The van der Waals surface area contributed by atoms with E-state index in [1.807, 2.05) is 0 Å². The molecule has 0 aromatic heterocycles. The summed E-state index contributed by atoms with van der Waals surface area (Å²) in [7, 11) is -3.41. The van der Waals surface area contributed by atoms with E-state index >= 15 is 0 Å². The van der Waals surface area contributed by atoms with Crippen LogP contribution in [0.4, 0.5) is 5.69 Å². The highest BCUT2D eigenvalue weighted by atomic mass is 35.5. The fourth-order valence-electron chi connectivity index (χ4n) is 2.27. The van der Waals surface area contributed by atoms with Gasteiger partial charge in [-0.25, -0.2) is 13.2 Å². The lowest BCUT2D eigenvalue weighted by molar-refractivity contribution is -0.153. The fraction of sp³-hybridized carbons (Fsp3) is 0.263. The molecule has 2 atom stereocenters. The zero-order valence-electron chi connectivity index (χ0n) is 15.5. The smallest absolute Gasteiger partial charge is 0.347 e. The van der Waals surface area contributed by atoms with Crippen LogP contribution in [0.5, 0.6) is 5.75 Å². The number of esters is 1. The normalized spacial score (nSPS) is 13.3. The summed E-state index contributed by atoms with van der Waals surface area (Å²) in [6, 6.07) is 12.4. The van der Waals surface area contributed by atoms with Crippen molar-refractivity contribution in [3.8, 4) is 5.75 Å². The number of nitrogens with one attached hydrogen (secondary N) is 1. The molecule has 1 N–H and O–H groups in total. The molecule has 0 aliphatic heterocycles. The van der Waals surface area contributed by atoms with Crippen LogP contribution >= 0.6 is 11.6 Å². The van der Waals surface area contributed by atoms with Gasteiger partial charge in [0.2, 0.25) is 15.8 Å². The Morgan fingerprint density at radius 2 is 1.68 bits per heavy atom. The highest BCUT2D eigenvalue weighted by Crippen LogP contribution is 2.19. The summed E-state index contributed by atoms with van der Waals surface area (Å²) in [5.41, 5.74) is 0.606. The molecule has 0 aliphatic rings. The molecule has 0 radical (unpaired) electrons. The van der Waals surface area contributed by atoms with Gasteiger partial charge in [-0.05, 0) is 56.3 Å². The van der Waals surface area contributed by atoms with E-state index in [0.717, 1.165) is 6.26 Å². The maximum Gasteiger partial charge on any atom is 0.347 e. The quantitative estimate of drug-likeness (QED) is 0.514. The fourth-order valence-corrected chi connectivity index (χ4v) is 3.01. The number of ether oxygens (including phenoxy) is 2. The van der Waals surface area contributed by atoms with E-state index in [9.17, 15) is 18.0 Å². The number of hydrogen-bond acceptors (Lipinski definition) is 6. The third kappa shape index (κ3) is 6.54. The van der Waals surface area contributed by atoms with Crippen LogP contribution in [0.25, 0.3) is 0 Å². The van der Waals surface area contributed by atoms with Crippen LogP contribution < -0.4 is 9.46 Å². The number of carbonyl (C=O) groups is 2. The highest BCUT2D eigenvalue weighted by Gasteiger charge is 2.24. The molecule has 0 saturated heterocycles. The number of carbonyl (C=O) groups excluding carboxylic acids is 2. The maximum atomic E-state index is 12.4. The average Bonchev–Trinajstić information content (AvgIpc) is 2.60. The Bertz CT molecular complexity index is 959. The molecule has 2 rings (SSSR count). The van der Waals surface area contributed by atoms with Gasteiger partial charge in [0.25, 0.3) is 0 Å². The summed E-state index contributed by atoms with van der Waals surface area (Å²) in [5.74, 6) is -0.713. The minimum Gasteiger partial charge on any atom is -0.479 e. The van der Waals surface area contributed by atoms with Gasteiger partial charge >= 0.3 is 5.97 Å². The third-order valence-electron chi connectivity index (χ3n) is 3.58. The zero-order valence-corrected chi connectivity index (χ0v) is 17.1. The summed E-state index contributed by atoms with van der Waals surface area (Å²) in [6.45, 7) is 2.96.